The van der Waals surface area contributed by atoms with Crippen LogP contribution in [0.1, 0.15) is 90.4 Å². The van der Waals surface area contributed by atoms with Crippen LogP contribution in [-0.4, -0.2) is 26.5 Å². The monoisotopic (exact) mass is 1020 g/mol. The van der Waals surface area contributed by atoms with E-state index in [4.69, 9.17) is 24.9 Å². The van der Waals surface area contributed by atoms with Crippen LogP contribution in [0.5, 0.6) is 0 Å². The number of aryl methyl sites for hydroxylation is 12. The minimum atomic E-state index is 0.668. The molecule has 12 aromatic carbocycles. The summed E-state index contributed by atoms with van der Waals surface area (Å²) in [5.41, 5.74) is 22.1. The Labute approximate surface area is 462 Å². The molecule has 5 heteroatoms. The number of rotatable bonds is 7. The fraction of sp³-hybridized carbons (Fsp3) is 0.176. The van der Waals surface area contributed by atoms with Crippen molar-refractivity contribution in [1.29, 1.82) is 0 Å². The molecule has 0 aliphatic carbocycles. The van der Waals surface area contributed by atoms with Crippen molar-refractivity contribution in [2.75, 3.05) is 0 Å². The largest absolute Gasteiger partial charge is 0.233 e. The third-order valence-electron chi connectivity index (χ3n) is 16.8. The van der Waals surface area contributed by atoms with Gasteiger partial charge in [0.05, 0.1) is 5.70 Å². The Kier molecular flexibility index (Phi) is 11.5. The second-order valence-electron chi connectivity index (χ2n) is 22.9. The summed E-state index contributed by atoms with van der Waals surface area (Å²) in [6, 6.07) is 49.9. The van der Waals surface area contributed by atoms with Gasteiger partial charge in [0, 0.05) is 39.1 Å². The van der Waals surface area contributed by atoms with Crippen LogP contribution in [0.25, 0.3) is 115 Å². The number of amidine groups is 1. The molecule has 79 heavy (non-hydrogen) atoms. The number of fused-ring (bicyclic) bond motifs is 9. The zero-order valence-corrected chi connectivity index (χ0v) is 47.6. The molecule has 0 atom stereocenters. The van der Waals surface area contributed by atoms with Gasteiger partial charge < -0.3 is 0 Å². The van der Waals surface area contributed by atoms with Crippen LogP contribution in [0.2, 0.25) is 0 Å². The first-order chi connectivity index (χ1) is 37.9. The van der Waals surface area contributed by atoms with Crippen LogP contribution in [0.15, 0.2) is 150 Å². The van der Waals surface area contributed by atoms with Crippen molar-refractivity contribution >= 4 is 92.7 Å². The molecule has 0 saturated heterocycles. The fourth-order valence-electron chi connectivity index (χ4n) is 14.0. The minimum Gasteiger partial charge on any atom is -0.233 e. The highest BCUT2D eigenvalue weighted by atomic mass is 15.0. The van der Waals surface area contributed by atoms with Gasteiger partial charge >= 0.3 is 0 Å². The van der Waals surface area contributed by atoms with Gasteiger partial charge in [-0.2, -0.15) is 0 Å². The number of aromatic nitrogens is 3. The van der Waals surface area contributed by atoms with E-state index in [0.717, 1.165) is 72.5 Å². The van der Waals surface area contributed by atoms with Gasteiger partial charge in [-0.1, -0.05) is 138 Å². The van der Waals surface area contributed by atoms with Crippen LogP contribution in [0.3, 0.4) is 0 Å². The first-order valence-electron chi connectivity index (χ1n) is 27.6. The van der Waals surface area contributed by atoms with Crippen molar-refractivity contribution in [3.05, 3.63) is 223 Å². The van der Waals surface area contributed by atoms with Gasteiger partial charge in [-0.05, 0) is 234 Å². The molecule has 0 radical (unpaired) electrons. The van der Waals surface area contributed by atoms with E-state index in [0.29, 0.717) is 29.0 Å². The summed E-state index contributed by atoms with van der Waals surface area (Å²) >= 11 is 0. The molecule has 0 N–H and O–H groups in total. The van der Waals surface area contributed by atoms with E-state index in [9.17, 15) is 0 Å². The van der Waals surface area contributed by atoms with Gasteiger partial charge in [-0.25, -0.2) is 24.9 Å². The molecule has 0 spiro atoms. The average Bonchev–Trinajstić information content (AvgIpc) is 3.53. The molecular formula is C74H63N5. The second kappa shape index (κ2) is 18.3. The van der Waals surface area contributed by atoms with Gasteiger partial charge in [-0.3, -0.25) is 0 Å². The lowest BCUT2D eigenvalue weighted by atomic mass is 9.93. The zero-order valence-electron chi connectivity index (χ0n) is 47.6. The maximum atomic E-state index is 5.37. The molecule has 0 unspecified atom stereocenters. The highest BCUT2D eigenvalue weighted by Gasteiger charge is 2.23. The van der Waals surface area contributed by atoms with E-state index in [-0.39, 0.29) is 0 Å². The summed E-state index contributed by atoms with van der Waals surface area (Å²) in [6.45, 7) is 32.6. The van der Waals surface area contributed by atoms with Gasteiger partial charge in [0.1, 0.15) is 0 Å². The van der Waals surface area contributed by atoms with E-state index in [1.54, 1.807) is 0 Å². The maximum absolute atomic E-state index is 5.37. The van der Waals surface area contributed by atoms with Crippen LogP contribution >= 0.6 is 0 Å². The average molecular weight is 1020 g/mol. The Morgan fingerprint density at radius 1 is 0.342 bits per heavy atom. The van der Waals surface area contributed by atoms with E-state index in [1.807, 2.05) is 0 Å². The summed E-state index contributed by atoms with van der Waals surface area (Å²) in [5.74, 6) is 2.74. The molecule has 13 aromatic rings. The summed E-state index contributed by atoms with van der Waals surface area (Å²) < 4.78 is 0. The molecule has 1 heterocycles. The van der Waals surface area contributed by atoms with Crippen LogP contribution in [0.4, 0.5) is 0 Å². The third-order valence-corrected chi connectivity index (χ3v) is 16.8. The minimum absolute atomic E-state index is 0.668. The zero-order chi connectivity index (χ0) is 55.0. The van der Waals surface area contributed by atoms with Crippen molar-refractivity contribution in [1.82, 2.24) is 15.0 Å². The second-order valence-corrected chi connectivity index (χ2v) is 22.9. The lowest BCUT2D eigenvalue weighted by molar-refractivity contribution is 1.06. The molecular weight excluding hydrogens is 959 g/mol. The Balaban J connectivity index is 0.959. The highest BCUT2D eigenvalue weighted by molar-refractivity contribution is 6.41. The van der Waals surface area contributed by atoms with E-state index >= 15 is 0 Å². The standard InChI is InChI=1S/C74H63N5/c1-37-25-41(5)65(42(6)26-37)50(14)76-72(66-43(7)27-38(2)28-44(66)8)75-49(13)51-21-23-53-59(33-51)55-17-15-19-57-62-36-64-54-24-22-52(34-60(54)56-18-16-20-58(70(56)64)61(62)35-63(53)69(55)57)71-77-73(67-45(9)29-39(3)30-46(67)10)79-74(78-71)68-47(11)31-40(4)32-48(68)12/h15-36H,13H2,1-12,14H3. The van der Waals surface area contributed by atoms with E-state index < -0.39 is 0 Å². The van der Waals surface area contributed by atoms with Crippen LogP contribution in [0, 0.1) is 83.1 Å². The van der Waals surface area contributed by atoms with E-state index in [2.05, 4.69) is 230 Å². The normalized spacial score (nSPS) is 12.6. The molecule has 384 valence electrons. The van der Waals surface area contributed by atoms with Crippen molar-refractivity contribution in [3.63, 3.8) is 0 Å². The summed E-state index contributed by atoms with van der Waals surface area (Å²) in [5, 5.41) is 17.3. The Morgan fingerprint density at radius 3 is 1.18 bits per heavy atom. The molecule has 0 bridgehead atoms. The van der Waals surface area contributed by atoms with Crippen LogP contribution in [-0.2, 0) is 0 Å². The molecule has 0 amide bonds. The van der Waals surface area contributed by atoms with Gasteiger partial charge in [0.15, 0.2) is 23.3 Å². The van der Waals surface area contributed by atoms with Crippen molar-refractivity contribution in [2.45, 2.75) is 90.0 Å². The lowest BCUT2D eigenvalue weighted by Gasteiger charge is -2.15. The number of aliphatic imine (C=N–C) groups is 2. The maximum Gasteiger partial charge on any atom is 0.164 e. The van der Waals surface area contributed by atoms with Gasteiger partial charge in [-0.15, -0.1) is 0 Å². The SMILES string of the molecule is C=C(N=C(N=C(C)c1c(C)cc(C)cc1C)c1c(C)cc(C)cc1C)c1ccc2c(c1)c1cccc3c4cc5c6ccc(-c7nc(-c8c(C)cc(C)cc8C)nc(-c8c(C)cc(C)cc8C)n7)cc6c6cccc(c4cc2c13)c65. The Hall–Kier alpha value is -8.93. The van der Waals surface area contributed by atoms with Gasteiger partial charge in [0.2, 0.25) is 0 Å². The Morgan fingerprint density at radius 2 is 0.722 bits per heavy atom. The predicted molar refractivity (Wildman–Crippen MR) is 339 cm³/mol. The van der Waals surface area contributed by atoms with Crippen molar-refractivity contribution in [2.24, 2.45) is 9.98 Å². The molecule has 1 aromatic heterocycles. The smallest absolute Gasteiger partial charge is 0.164 e. The molecule has 0 aliphatic heterocycles. The number of hydrogen-bond donors (Lipinski definition) is 0. The molecule has 0 aliphatic rings. The highest BCUT2D eigenvalue weighted by Crippen LogP contribution is 2.48. The van der Waals surface area contributed by atoms with Crippen LogP contribution < -0.4 is 0 Å². The van der Waals surface area contributed by atoms with E-state index in [1.165, 1.54) is 109 Å². The quantitative estimate of drug-likeness (QED) is 0.0908. The lowest BCUT2D eigenvalue weighted by Crippen LogP contribution is -2.10. The number of hydrogen-bond acceptors (Lipinski definition) is 4. The summed E-state index contributed by atoms with van der Waals surface area (Å²) in [4.78, 5) is 26.6. The molecule has 13 rings (SSSR count). The van der Waals surface area contributed by atoms with Crippen molar-refractivity contribution < 1.29 is 0 Å². The van der Waals surface area contributed by atoms with Crippen molar-refractivity contribution in [3.8, 4) is 34.2 Å². The summed E-state index contributed by atoms with van der Waals surface area (Å²) in [6.07, 6.45) is 0. The molecule has 0 saturated carbocycles. The fourth-order valence-corrected chi connectivity index (χ4v) is 14.0. The first-order valence-corrected chi connectivity index (χ1v) is 27.6. The predicted octanol–water partition coefficient (Wildman–Crippen LogP) is 19.4. The first kappa shape index (κ1) is 49.6. The Bertz CT molecular complexity index is 4700. The van der Waals surface area contributed by atoms with Gasteiger partial charge in [0.25, 0.3) is 0 Å². The topological polar surface area (TPSA) is 63.4 Å². The number of nitrogens with zero attached hydrogens (tertiary/aromatic N) is 5. The molecule has 5 nitrogen and oxygen atoms in total. The third kappa shape index (κ3) is 8.00. The number of benzene rings is 10. The summed E-state index contributed by atoms with van der Waals surface area (Å²) in [7, 11) is 0. The molecule has 0 fully saturated rings.